The van der Waals surface area contributed by atoms with Crippen LogP contribution in [0.3, 0.4) is 0 Å². The van der Waals surface area contributed by atoms with E-state index in [-0.39, 0.29) is 11.8 Å². The van der Waals surface area contributed by atoms with E-state index in [1.807, 2.05) is 17.0 Å². The van der Waals surface area contributed by atoms with Gasteiger partial charge in [-0.25, -0.2) is 0 Å². The molecule has 0 radical (unpaired) electrons. The molecule has 1 aromatic heterocycles. The van der Waals surface area contributed by atoms with Gasteiger partial charge in [0.15, 0.2) is 0 Å². The lowest BCUT2D eigenvalue weighted by Crippen LogP contribution is -2.48. The Balaban J connectivity index is 1.40. The van der Waals surface area contributed by atoms with Gasteiger partial charge < -0.3 is 15.0 Å². The van der Waals surface area contributed by atoms with Crippen molar-refractivity contribution in [2.45, 2.75) is 6.54 Å². The molecular formula is C24H25N3O3S. The fourth-order valence-corrected chi connectivity index (χ4v) is 4.36. The minimum Gasteiger partial charge on any atom is -0.497 e. The smallest absolute Gasteiger partial charge is 0.256 e. The number of para-hydroxylation sites is 1. The molecule has 31 heavy (non-hydrogen) atoms. The fourth-order valence-electron chi connectivity index (χ4n) is 3.62. The number of nitrogens with zero attached hydrogens (tertiary/aromatic N) is 2. The van der Waals surface area contributed by atoms with Crippen LogP contribution in [0.15, 0.2) is 66.0 Å². The summed E-state index contributed by atoms with van der Waals surface area (Å²) in [5.74, 6) is 0.371. The molecule has 0 aliphatic carbocycles. The number of carbonyl (C=O) groups excluding carboxylic acids is 2. The zero-order valence-corrected chi connectivity index (χ0v) is 18.2. The molecule has 6 nitrogen and oxygen atoms in total. The van der Waals surface area contributed by atoms with Gasteiger partial charge >= 0.3 is 0 Å². The summed E-state index contributed by atoms with van der Waals surface area (Å²) >= 11 is 1.76. The molecule has 2 heterocycles. The summed E-state index contributed by atoms with van der Waals surface area (Å²) in [5, 5.41) is 4.98. The summed E-state index contributed by atoms with van der Waals surface area (Å²) in [6.07, 6.45) is 0. The molecule has 1 N–H and O–H groups in total. The van der Waals surface area contributed by atoms with Gasteiger partial charge in [-0.2, -0.15) is 0 Å². The summed E-state index contributed by atoms with van der Waals surface area (Å²) in [4.78, 5) is 31.4. The van der Waals surface area contributed by atoms with Crippen LogP contribution in [0.4, 0.5) is 5.69 Å². The molecule has 1 aliphatic rings. The van der Waals surface area contributed by atoms with Crippen LogP contribution in [0.2, 0.25) is 0 Å². The van der Waals surface area contributed by atoms with Gasteiger partial charge in [0.2, 0.25) is 0 Å². The Labute approximate surface area is 186 Å². The van der Waals surface area contributed by atoms with Crippen LogP contribution in [0.1, 0.15) is 25.6 Å². The number of hydrogen-bond donors (Lipinski definition) is 1. The van der Waals surface area contributed by atoms with Crippen molar-refractivity contribution in [2.75, 3.05) is 38.6 Å². The zero-order valence-electron chi connectivity index (χ0n) is 17.4. The maximum absolute atomic E-state index is 13.2. The normalized spacial score (nSPS) is 14.3. The third-order valence-corrected chi connectivity index (χ3v) is 6.24. The highest BCUT2D eigenvalue weighted by molar-refractivity contribution is 7.09. The molecule has 0 bridgehead atoms. The third-order valence-electron chi connectivity index (χ3n) is 5.38. The molecule has 0 spiro atoms. The number of methoxy groups -OCH3 is 1. The second-order valence-corrected chi connectivity index (χ2v) is 8.41. The van der Waals surface area contributed by atoms with E-state index < -0.39 is 0 Å². The van der Waals surface area contributed by atoms with Gasteiger partial charge in [-0.05, 0) is 47.8 Å². The summed E-state index contributed by atoms with van der Waals surface area (Å²) in [6, 6.07) is 18.3. The topological polar surface area (TPSA) is 61.9 Å². The fraction of sp³-hybridized carbons (Fsp3) is 0.250. The van der Waals surface area contributed by atoms with Crippen LogP contribution in [-0.4, -0.2) is 54.9 Å². The van der Waals surface area contributed by atoms with Crippen LogP contribution in [-0.2, 0) is 6.54 Å². The predicted octanol–water partition coefficient (Wildman–Crippen LogP) is 3.97. The quantitative estimate of drug-likeness (QED) is 0.637. The van der Waals surface area contributed by atoms with Crippen molar-refractivity contribution < 1.29 is 14.3 Å². The highest BCUT2D eigenvalue weighted by Gasteiger charge is 2.24. The molecule has 160 valence electrons. The van der Waals surface area contributed by atoms with Crippen LogP contribution in [0, 0.1) is 0 Å². The van der Waals surface area contributed by atoms with Crippen molar-refractivity contribution in [1.82, 2.24) is 9.80 Å². The average Bonchev–Trinajstić information content (AvgIpc) is 3.32. The molecule has 0 saturated carbocycles. The van der Waals surface area contributed by atoms with E-state index >= 15 is 0 Å². The summed E-state index contributed by atoms with van der Waals surface area (Å²) in [5.41, 5.74) is 1.54. The van der Waals surface area contributed by atoms with Gasteiger partial charge in [0.25, 0.3) is 11.8 Å². The lowest BCUT2D eigenvalue weighted by atomic mass is 10.1. The highest BCUT2D eigenvalue weighted by atomic mass is 32.1. The molecular weight excluding hydrogens is 410 g/mol. The van der Waals surface area contributed by atoms with Crippen LogP contribution >= 0.6 is 11.3 Å². The molecule has 1 aliphatic heterocycles. The number of nitrogens with one attached hydrogen (secondary N) is 1. The molecule has 1 fully saturated rings. The molecule has 2 amide bonds. The maximum atomic E-state index is 13.2. The van der Waals surface area contributed by atoms with Crippen molar-refractivity contribution in [3.05, 3.63) is 82.0 Å². The van der Waals surface area contributed by atoms with Crippen LogP contribution in [0.5, 0.6) is 5.75 Å². The largest absolute Gasteiger partial charge is 0.497 e. The number of hydrogen-bond acceptors (Lipinski definition) is 5. The Morgan fingerprint density at radius 2 is 1.71 bits per heavy atom. The standard InChI is InChI=1S/C24H25N3O3S/c1-30-19-10-8-18(9-11-19)23(28)25-22-7-3-2-6-21(22)24(29)27-14-12-26(13-15-27)17-20-5-4-16-31-20/h2-11,16H,12-15,17H2,1H3,(H,25,28). The molecule has 1 saturated heterocycles. The third kappa shape index (κ3) is 5.13. The molecule has 2 aromatic carbocycles. The Bertz CT molecular complexity index is 1030. The summed E-state index contributed by atoms with van der Waals surface area (Å²) in [6.45, 7) is 3.94. The first-order chi connectivity index (χ1) is 15.1. The Morgan fingerprint density at radius 1 is 0.968 bits per heavy atom. The number of ether oxygens (including phenoxy) is 1. The van der Waals surface area contributed by atoms with Crippen molar-refractivity contribution in [2.24, 2.45) is 0 Å². The van der Waals surface area contributed by atoms with Crippen molar-refractivity contribution in [1.29, 1.82) is 0 Å². The summed E-state index contributed by atoms with van der Waals surface area (Å²) in [7, 11) is 1.58. The number of amides is 2. The maximum Gasteiger partial charge on any atom is 0.256 e. The molecule has 3 aromatic rings. The van der Waals surface area contributed by atoms with Gasteiger partial charge in [0.05, 0.1) is 18.4 Å². The van der Waals surface area contributed by atoms with E-state index in [9.17, 15) is 9.59 Å². The lowest BCUT2D eigenvalue weighted by molar-refractivity contribution is 0.0630. The van der Waals surface area contributed by atoms with Crippen LogP contribution < -0.4 is 10.1 Å². The molecule has 7 heteroatoms. The summed E-state index contributed by atoms with van der Waals surface area (Å²) < 4.78 is 5.14. The van der Waals surface area contributed by atoms with E-state index in [1.165, 1.54) is 4.88 Å². The number of carbonyl (C=O) groups is 2. The average molecular weight is 436 g/mol. The van der Waals surface area contributed by atoms with E-state index in [2.05, 4.69) is 27.7 Å². The second kappa shape index (κ2) is 9.76. The highest BCUT2D eigenvalue weighted by Crippen LogP contribution is 2.21. The van der Waals surface area contributed by atoms with Crippen molar-refractivity contribution in [3.8, 4) is 5.75 Å². The SMILES string of the molecule is COc1ccc(C(=O)Nc2ccccc2C(=O)N2CCN(Cc3cccs3)CC2)cc1. The number of anilines is 1. The lowest BCUT2D eigenvalue weighted by Gasteiger charge is -2.34. The molecule has 0 atom stereocenters. The Kier molecular flexibility index (Phi) is 6.64. The Morgan fingerprint density at radius 3 is 2.39 bits per heavy atom. The molecule has 0 unspecified atom stereocenters. The van der Waals surface area contributed by atoms with Crippen molar-refractivity contribution in [3.63, 3.8) is 0 Å². The van der Waals surface area contributed by atoms with Crippen LogP contribution in [0.25, 0.3) is 0 Å². The van der Waals surface area contributed by atoms with Crippen molar-refractivity contribution >= 4 is 28.8 Å². The number of benzene rings is 2. The first-order valence-electron chi connectivity index (χ1n) is 10.2. The minimum atomic E-state index is -0.260. The Hall–Kier alpha value is -3.16. The van der Waals surface area contributed by atoms with Gasteiger partial charge in [0.1, 0.15) is 5.75 Å². The monoisotopic (exact) mass is 435 g/mol. The van der Waals surface area contributed by atoms with Gasteiger partial charge in [-0.1, -0.05) is 18.2 Å². The molecule has 4 rings (SSSR count). The zero-order chi connectivity index (χ0) is 21.6. The number of piperazine rings is 1. The first-order valence-corrected chi connectivity index (χ1v) is 11.1. The number of rotatable bonds is 6. The van der Waals surface area contributed by atoms with E-state index in [0.29, 0.717) is 35.7 Å². The van der Waals surface area contributed by atoms with Gasteiger partial charge in [0, 0.05) is 43.2 Å². The van der Waals surface area contributed by atoms with Gasteiger partial charge in [-0.15, -0.1) is 11.3 Å². The van der Waals surface area contributed by atoms with E-state index in [4.69, 9.17) is 4.74 Å². The van der Waals surface area contributed by atoms with E-state index in [1.54, 1.807) is 54.8 Å². The van der Waals surface area contributed by atoms with E-state index in [0.717, 1.165) is 19.6 Å². The first kappa shape index (κ1) is 21.1. The minimum absolute atomic E-state index is 0.0543. The van der Waals surface area contributed by atoms with Gasteiger partial charge in [-0.3, -0.25) is 14.5 Å². The number of thiophene rings is 1. The second-order valence-electron chi connectivity index (χ2n) is 7.38. The predicted molar refractivity (Wildman–Crippen MR) is 123 cm³/mol.